The highest BCUT2D eigenvalue weighted by Crippen LogP contribution is 2.30. The van der Waals surface area contributed by atoms with Gasteiger partial charge in [-0.1, -0.05) is 30.3 Å². The Bertz CT molecular complexity index is 807. The summed E-state index contributed by atoms with van der Waals surface area (Å²) < 4.78 is 0. The lowest BCUT2D eigenvalue weighted by Gasteiger charge is -2.07. The first-order valence-corrected chi connectivity index (χ1v) is 5.95. The van der Waals surface area contributed by atoms with Crippen molar-refractivity contribution in [2.75, 3.05) is 0 Å². The Labute approximate surface area is 109 Å². The molecule has 1 aromatic carbocycles. The van der Waals surface area contributed by atoms with Crippen molar-refractivity contribution in [3.63, 3.8) is 0 Å². The van der Waals surface area contributed by atoms with Gasteiger partial charge in [0.05, 0.1) is 10.9 Å². The molecule has 4 nitrogen and oxygen atoms in total. The number of aromatic hydroxyl groups is 1. The largest absolute Gasteiger partial charge is 0.506 e. The van der Waals surface area contributed by atoms with Crippen LogP contribution in [0.5, 0.6) is 5.75 Å². The predicted octanol–water partition coefficient (Wildman–Crippen LogP) is 2.60. The molecular weight excluding hydrogens is 240 g/mol. The normalized spacial score (nSPS) is 10.8. The van der Waals surface area contributed by atoms with Crippen LogP contribution < -0.4 is 5.56 Å². The summed E-state index contributed by atoms with van der Waals surface area (Å²) in [6.07, 6.45) is 0. The third-order valence-electron chi connectivity index (χ3n) is 3.05. The van der Waals surface area contributed by atoms with Gasteiger partial charge in [-0.15, -0.1) is 0 Å². The number of rotatable bonds is 1. The molecule has 0 aliphatic heterocycles. The average Bonchev–Trinajstić information content (AvgIpc) is 2.39. The van der Waals surface area contributed by atoms with Crippen molar-refractivity contribution in [2.45, 2.75) is 6.92 Å². The van der Waals surface area contributed by atoms with Gasteiger partial charge in [0, 0.05) is 5.69 Å². The minimum atomic E-state index is -0.339. The summed E-state index contributed by atoms with van der Waals surface area (Å²) in [5, 5.41) is 10.9. The number of fused-ring (bicyclic) bond motifs is 1. The highest BCUT2D eigenvalue weighted by molar-refractivity contribution is 5.89. The van der Waals surface area contributed by atoms with Crippen LogP contribution in [0.3, 0.4) is 0 Å². The van der Waals surface area contributed by atoms with E-state index in [1.807, 2.05) is 25.1 Å². The summed E-state index contributed by atoms with van der Waals surface area (Å²) >= 11 is 0. The highest BCUT2D eigenvalue weighted by Gasteiger charge is 2.14. The highest BCUT2D eigenvalue weighted by atomic mass is 16.3. The maximum atomic E-state index is 12.1. The number of nitrogens with zero attached hydrogens (tertiary/aromatic N) is 1. The second-order valence-corrected chi connectivity index (χ2v) is 4.39. The Hall–Kier alpha value is -2.62. The molecule has 0 fully saturated rings. The molecule has 0 aliphatic carbocycles. The van der Waals surface area contributed by atoms with Gasteiger partial charge in [-0.2, -0.15) is 0 Å². The monoisotopic (exact) mass is 252 g/mol. The van der Waals surface area contributed by atoms with E-state index in [4.69, 9.17) is 0 Å². The number of H-pyrrole nitrogens is 1. The van der Waals surface area contributed by atoms with Crippen molar-refractivity contribution in [1.29, 1.82) is 0 Å². The Balaban J connectivity index is 2.39. The number of aromatic nitrogens is 2. The van der Waals surface area contributed by atoms with Gasteiger partial charge in [0.1, 0.15) is 11.4 Å². The van der Waals surface area contributed by atoms with E-state index >= 15 is 0 Å². The molecule has 0 radical (unpaired) electrons. The Kier molecular flexibility index (Phi) is 2.56. The number of aromatic amines is 1. The molecule has 0 saturated carbocycles. The molecule has 94 valence electrons. The number of hydrogen-bond donors (Lipinski definition) is 2. The van der Waals surface area contributed by atoms with E-state index in [1.54, 1.807) is 24.3 Å². The Morgan fingerprint density at radius 2 is 1.84 bits per heavy atom. The smallest absolute Gasteiger partial charge is 0.261 e. The summed E-state index contributed by atoms with van der Waals surface area (Å²) in [6.45, 7) is 1.83. The standard InChI is InChI=1S/C15H12N2O2/c1-9-7-8-11-13(18)12(10-5-3-2-4-6-10)15(19)17-14(11)16-9/h2-8H,1H3,(H2,16,17,18,19). The summed E-state index contributed by atoms with van der Waals surface area (Å²) in [5.41, 5.74) is 1.81. The number of pyridine rings is 2. The van der Waals surface area contributed by atoms with Crippen LogP contribution in [0, 0.1) is 6.92 Å². The lowest BCUT2D eigenvalue weighted by Crippen LogP contribution is -2.10. The number of hydrogen-bond acceptors (Lipinski definition) is 3. The fourth-order valence-corrected chi connectivity index (χ4v) is 2.13. The molecule has 3 rings (SSSR count). The van der Waals surface area contributed by atoms with Gasteiger partial charge in [-0.3, -0.25) is 4.79 Å². The zero-order chi connectivity index (χ0) is 13.4. The molecule has 0 saturated heterocycles. The fraction of sp³-hybridized carbons (Fsp3) is 0.0667. The molecule has 2 aromatic heterocycles. The molecule has 2 heterocycles. The molecule has 0 spiro atoms. The SMILES string of the molecule is Cc1ccc2c(O)c(-c3ccccc3)c(=O)[nH]c2n1. The van der Waals surface area contributed by atoms with E-state index in [9.17, 15) is 9.90 Å². The van der Waals surface area contributed by atoms with Crippen molar-refractivity contribution in [3.8, 4) is 16.9 Å². The molecule has 2 N–H and O–H groups in total. The molecule has 0 bridgehead atoms. The maximum absolute atomic E-state index is 12.1. The average molecular weight is 252 g/mol. The van der Waals surface area contributed by atoms with Crippen LogP contribution in [0.25, 0.3) is 22.2 Å². The minimum absolute atomic E-state index is 0.0301. The number of nitrogens with one attached hydrogen (secondary N) is 1. The van der Waals surface area contributed by atoms with Crippen LogP contribution in [0.15, 0.2) is 47.3 Å². The molecule has 0 unspecified atom stereocenters. The summed E-state index contributed by atoms with van der Waals surface area (Å²) in [7, 11) is 0. The van der Waals surface area contributed by atoms with Crippen molar-refractivity contribution >= 4 is 11.0 Å². The topological polar surface area (TPSA) is 66.0 Å². The third kappa shape index (κ3) is 1.87. The van der Waals surface area contributed by atoms with E-state index < -0.39 is 0 Å². The lowest BCUT2D eigenvalue weighted by molar-refractivity contribution is 0.482. The summed E-state index contributed by atoms with van der Waals surface area (Å²) in [5.74, 6) is -0.0301. The van der Waals surface area contributed by atoms with Crippen LogP contribution in [0.4, 0.5) is 0 Å². The zero-order valence-corrected chi connectivity index (χ0v) is 10.3. The van der Waals surface area contributed by atoms with Crippen LogP contribution >= 0.6 is 0 Å². The first-order chi connectivity index (χ1) is 9.16. The molecule has 4 heteroatoms. The Morgan fingerprint density at radius 1 is 1.11 bits per heavy atom. The van der Waals surface area contributed by atoms with Crippen molar-refractivity contribution in [1.82, 2.24) is 9.97 Å². The van der Waals surface area contributed by atoms with E-state index in [0.29, 0.717) is 16.6 Å². The van der Waals surface area contributed by atoms with Gasteiger partial charge in [0.15, 0.2) is 0 Å². The van der Waals surface area contributed by atoms with E-state index in [1.165, 1.54) is 0 Å². The molecule has 19 heavy (non-hydrogen) atoms. The molecule has 0 aliphatic rings. The zero-order valence-electron chi connectivity index (χ0n) is 10.3. The second-order valence-electron chi connectivity index (χ2n) is 4.39. The van der Waals surface area contributed by atoms with Gasteiger partial charge in [-0.05, 0) is 24.6 Å². The van der Waals surface area contributed by atoms with E-state index in [0.717, 1.165) is 5.69 Å². The van der Waals surface area contributed by atoms with E-state index in [-0.39, 0.29) is 16.9 Å². The van der Waals surface area contributed by atoms with Crippen molar-refractivity contribution in [3.05, 3.63) is 58.5 Å². The van der Waals surface area contributed by atoms with Gasteiger partial charge < -0.3 is 10.1 Å². The molecule has 3 aromatic rings. The predicted molar refractivity (Wildman–Crippen MR) is 74.2 cm³/mol. The van der Waals surface area contributed by atoms with Gasteiger partial charge in [0.25, 0.3) is 5.56 Å². The van der Waals surface area contributed by atoms with Crippen LogP contribution in [-0.2, 0) is 0 Å². The van der Waals surface area contributed by atoms with Crippen LogP contribution in [-0.4, -0.2) is 15.1 Å². The van der Waals surface area contributed by atoms with Gasteiger partial charge in [0.2, 0.25) is 0 Å². The molecular formula is C15H12N2O2. The van der Waals surface area contributed by atoms with Gasteiger partial charge in [-0.25, -0.2) is 4.98 Å². The molecule has 0 amide bonds. The lowest BCUT2D eigenvalue weighted by atomic mass is 10.0. The van der Waals surface area contributed by atoms with Gasteiger partial charge >= 0.3 is 0 Å². The first kappa shape index (κ1) is 11.5. The molecule has 0 atom stereocenters. The van der Waals surface area contributed by atoms with Crippen molar-refractivity contribution in [2.24, 2.45) is 0 Å². The number of aryl methyl sites for hydroxylation is 1. The minimum Gasteiger partial charge on any atom is -0.506 e. The summed E-state index contributed by atoms with van der Waals surface area (Å²) in [4.78, 5) is 19.0. The maximum Gasteiger partial charge on any atom is 0.261 e. The quantitative estimate of drug-likeness (QED) is 0.699. The second kappa shape index (κ2) is 4.24. The number of benzene rings is 1. The fourth-order valence-electron chi connectivity index (χ4n) is 2.13. The van der Waals surface area contributed by atoms with Crippen LogP contribution in [0.1, 0.15) is 5.69 Å². The third-order valence-corrected chi connectivity index (χ3v) is 3.05. The van der Waals surface area contributed by atoms with Crippen LogP contribution in [0.2, 0.25) is 0 Å². The Morgan fingerprint density at radius 3 is 2.58 bits per heavy atom. The van der Waals surface area contributed by atoms with Crippen molar-refractivity contribution < 1.29 is 5.11 Å². The first-order valence-electron chi connectivity index (χ1n) is 5.95. The van der Waals surface area contributed by atoms with E-state index in [2.05, 4.69) is 9.97 Å². The summed E-state index contributed by atoms with van der Waals surface area (Å²) in [6, 6.07) is 12.7.